The summed E-state index contributed by atoms with van der Waals surface area (Å²) in [6, 6.07) is 12.1. The van der Waals surface area contributed by atoms with Gasteiger partial charge in [-0.2, -0.15) is 0 Å². The molecule has 1 N–H and O–H groups in total. The van der Waals surface area contributed by atoms with Gasteiger partial charge in [0.1, 0.15) is 23.9 Å². The minimum Gasteiger partial charge on any atom is -0.485 e. The fourth-order valence-electron chi connectivity index (χ4n) is 2.01. The lowest BCUT2D eigenvalue weighted by molar-refractivity contribution is 0.262. The van der Waals surface area contributed by atoms with E-state index in [1.54, 1.807) is 0 Å². The number of hydrogen-bond acceptors (Lipinski definition) is 3. The van der Waals surface area contributed by atoms with Gasteiger partial charge in [0.15, 0.2) is 0 Å². The average molecular weight is 259 g/mol. The summed E-state index contributed by atoms with van der Waals surface area (Å²) in [4.78, 5) is 0. The Labute approximate surface area is 114 Å². The van der Waals surface area contributed by atoms with E-state index >= 15 is 0 Å². The summed E-state index contributed by atoms with van der Waals surface area (Å²) in [5.41, 5.74) is 1.23. The van der Waals surface area contributed by atoms with Crippen molar-refractivity contribution >= 4 is 0 Å². The monoisotopic (exact) mass is 259 g/mol. The fourth-order valence-corrected chi connectivity index (χ4v) is 2.01. The van der Waals surface area contributed by atoms with Crippen LogP contribution < -0.4 is 10.1 Å². The molecule has 102 valence electrons. The first-order valence-electron chi connectivity index (χ1n) is 6.64. The number of para-hydroxylation sites is 1. The third-order valence-electron chi connectivity index (χ3n) is 2.98. The Balaban J connectivity index is 2.01. The molecule has 1 aromatic heterocycles. The van der Waals surface area contributed by atoms with Gasteiger partial charge in [0.05, 0.1) is 6.54 Å². The quantitative estimate of drug-likeness (QED) is 0.859. The van der Waals surface area contributed by atoms with Crippen molar-refractivity contribution < 1.29 is 9.15 Å². The minimum atomic E-state index is 0.452. The summed E-state index contributed by atoms with van der Waals surface area (Å²) in [7, 11) is 1.90. The van der Waals surface area contributed by atoms with Gasteiger partial charge in [-0.05, 0) is 36.7 Å². The van der Waals surface area contributed by atoms with Gasteiger partial charge in [0, 0.05) is 0 Å². The smallest absolute Gasteiger partial charge is 0.146 e. The molecule has 0 bridgehead atoms. The molecule has 0 spiro atoms. The zero-order chi connectivity index (χ0) is 13.7. The molecular weight excluding hydrogens is 238 g/mol. The number of ether oxygens (including phenoxy) is 1. The fraction of sp³-hybridized carbons (Fsp3) is 0.375. The van der Waals surface area contributed by atoms with Crippen LogP contribution in [-0.2, 0) is 13.2 Å². The summed E-state index contributed by atoms with van der Waals surface area (Å²) in [6.45, 7) is 5.54. The molecule has 0 fully saturated rings. The zero-order valence-corrected chi connectivity index (χ0v) is 11.8. The van der Waals surface area contributed by atoms with E-state index in [-0.39, 0.29) is 0 Å². The normalized spacial score (nSPS) is 10.9. The van der Waals surface area contributed by atoms with Gasteiger partial charge in [-0.1, -0.05) is 32.0 Å². The van der Waals surface area contributed by atoms with Crippen LogP contribution in [0, 0.1) is 0 Å². The Bertz CT molecular complexity index is 517. The molecule has 3 heteroatoms. The second-order valence-corrected chi connectivity index (χ2v) is 4.88. The van der Waals surface area contributed by atoms with Gasteiger partial charge in [-0.15, -0.1) is 0 Å². The molecule has 3 nitrogen and oxygen atoms in total. The first kappa shape index (κ1) is 13.7. The van der Waals surface area contributed by atoms with Gasteiger partial charge in [0.2, 0.25) is 0 Å². The van der Waals surface area contributed by atoms with Crippen molar-refractivity contribution in [3.8, 4) is 5.75 Å². The van der Waals surface area contributed by atoms with Gasteiger partial charge < -0.3 is 14.5 Å². The second kappa shape index (κ2) is 6.43. The Hall–Kier alpha value is -1.74. The standard InChI is InChI=1S/C16H21NO2/c1-12(2)15-6-4-5-7-16(15)18-11-14-9-8-13(19-14)10-17-3/h4-9,12,17H,10-11H2,1-3H3. The maximum Gasteiger partial charge on any atom is 0.146 e. The Kier molecular flexibility index (Phi) is 4.63. The molecule has 0 aliphatic heterocycles. The first-order valence-corrected chi connectivity index (χ1v) is 6.64. The molecule has 0 radical (unpaired) electrons. The van der Waals surface area contributed by atoms with E-state index in [0.29, 0.717) is 12.5 Å². The lowest BCUT2D eigenvalue weighted by Gasteiger charge is -2.12. The lowest BCUT2D eigenvalue weighted by Crippen LogP contribution is -2.03. The van der Waals surface area contributed by atoms with Crippen LogP contribution in [0.4, 0.5) is 0 Å². The Morgan fingerprint density at radius 2 is 1.84 bits per heavy atom. The molecule has 2 aromatic rings. The predicted octanol–water partition coefficient (Wildman–Crippen LogP) is 3.70. The SMILES string of the molecule is CNCc1ccc(COc2ccccc2C(C)C)o1. The third-order valence-corrected chi connectivity index (χ3v) is 2.98. The summed E-state index contributed by atoms with van der Waals surface area (Å²) >= 11 is 0. The van der Waals surface area contributed by atoms with Gasteiger partial charge >= 0.3 is 0 Å². The molecule has 0 aliphatic rings. The molecule has 0 aliphatic carbocycles. The number of rotatable bonds is 6. The van der Waals surface area contributed by atoms with Crippen LogP contribution in [0.1, 0.15) is 36.8 Å². The number of nitrogens with one attached hydrogen (secondary N) is 1. The van der Waals surface area contributed by atoms with Crippen molar-refractivity contribution in [1.82, 2.24) is 5.32 Å². The van der Waals surface area contributed by atoms with Crippen LogP contribution in [-0.4, -0.2) is 7.05 Å². The van der Waals surface area contributed by atoms with Crippen molar-refractivity contribution in [2.75, 3.05) is 7.05 Å². The van der Waals surface area contributed by atoms with E-state index in [0.717, 1.165) is 23.8 Å². The lowest BCUT2D eigenvalue weighted by atomic mass is 10.0. The highest BCUT2D eigenvalue weighted by atomic mass is 16.5. The molecule has 2 rings (SSSR count). The van der Waals surface area contributed by atoms with Gasteiger partial charge in [-0.3, -0.25) is 0 Å². The van der Waals surface area contributed by atoms with Crippen molar-refractivity contribution in [1.29, 1.82) is 0 Å². The maximum absolute atomic E-state index is 5.86. The molecule has 19 heavy (non-hydrogen) atoms. The van der Waals surface area contributed by atoms with E-state index in [4.69, 9.17) is 9.15 Å². The van der Waals surface area contributed by atoms with Crippen molar-refractivity contribution in [2.24, 2.45) is 0 Å². The van der Waals surface area contributed by atoms with E-state index in [2.05, 4.69) is 25.2 Å². The van der Waals surface area contributed by atoms with E-state index < -0.39 is 0 Å². The zero-order valence-electron chi connectivity index (χ0n) is 11.8. The highest BCUT2D eigenvalue weighted by Gasteiger charge is 2.08. The first-order chi connectivity index (χ1) is 9.20. The molecule has 0 saturated heterocycles. The van der Waals surface area contributed by atoms with E-state index in [9.17, 15) is 0 Å². The molecule has 0 atom stereocenters. The highest BCUT2D eigenvalue weighted by Crippen LogP contribution is 2.26. The van der Waals surface area contributed by atoms with Crippen molar-refractivity contribution in [3.63, 3.8) is 0 Å². The number of furan rings is 1. The summed E-state index contributed by atoms with van der Waals surface area (Å²) in [5.74, 6) is 3.17. The van der Waals surface area contributed by atoms with Crippen LogP contribution in [0.15, 0.2) is 40.8 Å². The molecule has 1 aromatic carbocycles. The van der Waals surface area contributed by atoms with E-state index in [1.807, 2.05) is 37.4 Å². The molecular formula is C16H21NO2. The van der Waals surface area contributed by atoms with Crippen molar-refractivity contribution in [3.05, 3.63) is 53.5 Å². The summed E-state index contributed by atoms with van der Waals surface area (Å²) in [6.07, 6.45) is 0. The molecule has 0 saturated carbocycles. The van der Waals surface area contributed by atoms with Crippen molar-refractivity contribution in [2.45, 2.75) is 32.9 Å². The van der Waals surface area contributed by atoms with Gasteiger partial charge in [-0.25, -0.2) is 0 Å². The number of benzene rings is 1. The third kappa shape index (κ3) is 3.61. The summed E-state index contributed by atoms with van der Waals surface area (Å²) in [5, 5.41) is 3.06. The maximum atomic E-state index is 5.86. The van der Waals surface area contributed by atoms with E-state index in [1.165, 1.54) is 5.56 Å². The number of hydrogen-bond donors (Lipinski definition) is 1. The largest absolute Gasteiger partial charge is 0.485 e. The summed E-state index contributed by atoms with van der Waals surface area (Å²) < 4.78 is 11.5. The second-order valence-electron chi connectivity index (χ2n) is 4.88. The molecule has 1 heterocycles. The van der Waals surface area contributed by atoms with Crippen LogP contribution in [0.3, 0.4) is 0 Å². The van der Waals surface area contributed by atoms with Gasteiger partial charge in [0.25, 0.3) is 0 Å². The van der Waals surface area contributed by atoms with Crippen LogP contribution >= 0.6 is 0 Å². The van der Waals surface area contributed by atoms with Crippen LogP contribution in [0.2, 0.25) is 0 Å². The highest BCUT2D eigenvalue weighted by molar-refractivity contribution is 5.35. The average Bonchev–Trinajstić information content (AvgIpc) is 2.85. The Morgan fingerprint density at radius 3 is 2.58 bits per heavy atom. The Morgan fingerprint density at radius 1 is 1.11 bits per heavy atom. The topological polar surface area (TPSA) is 34.4 Å². The molecule has 0 unspecified atom stereocenters. The molecule has 0 amide bonds. The minimum absolute atomic E-state index is 0.452. The van der Waals surface area contributed by atoms with Crippen LogP contribution in [0.25, 0.3) is 0 Å². The predicted molar refractivity (Wildman–Crippen MR) is 76.3 cm³/mol. The van der Waals surface area contributed by atoms with Crippen LogP contribution in [0.5, 0.6) is 5.75 Å².